The summed E-state index contributed by atoms with van der Waals surface area (Å²) in [4.78, 5) is 22.8. The van der Waals surface area contributed by atoms with Crippen LogP contribution in [0.4, 0.5) is 0 Å². The predicted molar refractivity (Wildman–Crippen MR) is 68.7 cm³/mol. The largest absolute Gasteiger partial charge is 0.460 e. The third kappa shape index (κ3) is 10.5. The molecule has 0 saturated heterocycles. The SMILES string of the molecule is CCOCC(C)OC(=O)CC(=O)OC(C)COCC. The molecule has 0 aromatic heterocycles. The number of hydrogen-bond acceptors (Lipinski definition) is 6. The molecule has 2 unspecified atom stereocenters. The molecular weight excluding hydrogens is 252 g/mol. The minimum Gasteiger partial charge on any atom is -0.460 e. The summed E-state index contributed by atoms with van der Waals surface area (Å²) in [5.74, 6) is -1.22. The van der Waals surface area contributed by atoms with Crippen LogP contribution < -0.4 is 0 Å². The van der Waals surface area contributed by atoms with E-state index in [2.05, 4.69) is 0 Å². The van der Waals surface area contributed by atoms with E-state index in [-0.39, 0.29) is 12.2 Å². The van der Waals surface area contributed by atoms with Gasteiger partial charge in [-0.3, -0.25) is 9.59 Å². The van der Waals surface area contributed by atoms with E-state index in [0.717, 1.165) is 0 Å². The Kier molecular flexibility index (Phi) is 10.1. The molecule has 19 heavy (non-hydrogen) atoms. The van der Waals surface area contributed by atoms with Gasteiger partial charge < -0.3 is 18.9 Å². The summed E-state index contributed by atoms with van der Waals surface area (Å²) < 4.78 is 20.2. The van der Waals surface area contributed by atoms with Gasteiger partial charge in [-0.2, -0.15) is 0 Å². The lowest BCUT2D eigenvalue weighted by molar-refractivity contribution is -0.162. The van der Waals surface area contributed by atoms with Crippen LogP contribution in [0.5, 0.6) is 0 Å². The average Bonchev–Trinajstić information content (AvgIpc) is 2.33. The van der Waals surface area contributed by atoms with Crippen molar-refractivity contribution in [1.29, 1.82) is 0 Å². The van der Waals surface area contributed by atoms with Gasteiger partial charge in [0.25, 0.3) is 0 Å². The predicted octanol–water partition coefficient (Wildman–Crippen LogP) is 1.31. The minimum atomic E-state index is -0.610. The quantitative estimate of drug-likeness (QED) is 0.442. The van der Waals surface area contributed by atoms with E-state index in [1.807, 2.05) is 13.8 Å². The van der Waals surface area contributed by atoms with Gasteiger partial charge in [0, 0.05) is 13.2 Å². The third-order valence-electron chi connectivity index (χ3n) is 2.07. The van der Waals surface area contributed by atoms with E-state index in [4.69, 9.17) is 18.9 Å². The molecule has 112 valence electrons. The lowest BCUT2D eigenvalue weighted by Crippen LogP contribution is -2.25. The Morgan fingerprint density at radius 2 is 1.21 bits per heavy atom. The van der Waals surface area contributed by atoms with Crippen LogP contribution in [0.25, 0.3) is 0 Å². The molecule has 0 N–H and O–H groups in total. The van der Waals surface area contributed by atoms with Gasteiger partial charge in [0.2, 0.25) is 0 Å². The van der Waals surface area contributed by atoms with E-state index >= 15 is 0 Å². The van der Waals surface area contributed by atoms with E-state index in [0.29, 0.717) is 26.4 Å². The van der Waals surface area contributed by atoms with Crippen LogP contribution >= 0.6 is 0 Å². The number of hydrogen-bond donors (Lipinski definition) is 0. The molecular formula is C13H24O6. The highest BCUT2D eigenvalue weighted by atomic mass is 16.6. The molecule has 0 aliphatic carbocycles. The first kappa shape index (κ1) is 17.9. The van der Waals surface area contributed by atoms with Crippen LogP contribution in [0.3, 0.4) is 0 Å². The van der Waals surface area contributed by atoms with Gasteiger partial charge in [0.15, 0.2) is 0 Å². The summed E-state index contributed by atoms with van der Waals surface area (Å²) in [5.41, 5.74) is 0. The minimum absolute atomic E-state index is 0.317. The van der Waals surface area contributed by atoms with E-state index in [1.54, 1.807) is 13.8 Å². The van der Waals surface area contributed by atoms with E-state index < -0.39 is 18.4 Å². The molecule has 6 heteroatoms. The fourth-order valence-electron chi connectivity index (χ4n) is 1.29. The molecule has 0 saturated carbocycles. The van der Waals surface area contributed by atoms with Crippen molar-refractivity contribution in [2.24, 2.45) is 0 Å². The smallest absolute Gasteiger partial charge is 0.317 e. The molecule has 6 nitrogen and oxygen atoms in total. The van der Waals surface area contributed by atoms with Crippen LogP contribution in [-0.2, 0) is 28.5 Å². The Bertz CT molecular complexity index is 240. The Morgan fingerprint density at radius 3 is 1.53 bits per heavy atom. The highest BCUT2D eigenvalue weighted by molar-refractivity contribution is 5.91. The highest BCUT2D eigenvalue weighted by Crippen LogP contribution is 2.00. The van der Waals surface area contributed by atoms with Gasteiger partial charge in [-0.1, -0.05) is 0 Å². The number of rotatable bonds is 10. The zero-order valence-electron chi connectivity index (χ0n) is 12.1. The average molecular weight is 276 g/mol. The Morgan fingerprint density at radius 1 is 0.842 bits per heavy atom. The topological polar surface area (TPSA) is 71.1 Å². The van der Waals surface area contributed by atoms with Crippen LogP contribution in [0.15, 0.2) is 0 Å². The van der Waals surface area contributed by atoms with E-state index in [1.165, 1.54) is 0 Å². The molecule has 0 aromatic carbocycles. The number of carbonyl (C=O) groups is 2. The second-order valence-electron chi connectivity index (χ2n) is 4.10. The summed E-state index contributed by atoms with van der Waals surface area (Å²) >= 11 is 0. The first-order valence-corrected chi connectivity index (χ1v) is 6.54. The maximum absolute atomic E-state index is 11.4. The normalized spacial score (nSPS) is 13.7. The Hall–Kier alpha value is -1.14. The van der Waals surface area contributed by atoms with Crippen molar-refractivity contribution in [3.8, 4) is 0 Å². The maximum atomic E-state index is 11.4. The van der Waals surface area contributed by atoms with Crippen molar-refractivity contribution in [2.45, 2.75) is 46.3 Å². The first-order chi connectivity index (χ1) is 8.99. The molecule has 0 heterocycles. The summed E-state index contributed by atoms with van der Waals surface area (Å²) in [6, 6.07) is 0. The molecule has 0 amide bonds. The zero-order valence-corrected chi connectivity index (χ0v) is 12.1. The second-order valence-corrected chi connectivity index (χ2v) is 4.10. The number of ether oxygens (including phenoxy) is 4. The van der Waals surface area contributed by atoms with E-state index in [9.17, 15) is 9.59 Å². The first-order valence-electron chi connectivity index (χ1n) is 6.54. The molecule has 0 spiro atoms. The fourth-order valence-corrected chi connectivity index (χ4v) is 1.29. The van der Waals surface area contributed by atoms with Crippen LogP contribution in [0, 0.1) is 0 Å². The monoisotopic (exact) mass is 276 g/mol. The summed E-state index contributed by atoms with van der Waals surface area (Å²) in [7, 11) is 0. The van der Waals surface area contributed by atoms with Crippen molar-refractivity contribution in [2.75, 3.05) is 26.4 Å². The second kappa shape index (κ2) is 10.8. The standard InChI is InChI=1S/C13H24O6/c1-5-16-8-10(3)18-12(14)7-13(15)19-11(4)9-17-6-2/h10-11H,5-9H2,1-4H3. The van der Waals surface area contributed by atoms with Crippen molar-refractivity contribution in [3.05, 3.63) is 0 Å². The zero-order chi connectivity index (χ0) is 14.7. The van der Waals surface area contributed by atoms with Crippen molar-refractivity contribution < 1.29 is 28.5 Å². The Labute approximate surface area is 114 Å². The molecule has 0 rings (SSSR count). The summed E-state index contributed by atoms with van der Waals surface area (Å²) in [6.07, 6.45) is -1.14. The highest BCUT2D eigenvalue weighted by Gasteiger charge is 2.17. The summed E-state index contributed by atoms with van der Waals surface area (Å²) in [6.45, 7) is 8.86. The molecule has 0 aliphatic rings. The van der Waals surface area contributed by atoms with Crippen LogP contribution in [0.2, 0.25) is 0 Å². The van der Waals surface area contributed by atoms with Gasteiger partial charge in [-0.25, -0.2) is 0 Å². The third-order valence-corrected chi connectivity index (χ3v) is 2.07. The van der Waals surface area contributed by atoms with Gasteiger partial charge >= 0.3 is 11.9 Å². The Balaban J connectivity index is 3.82. The van der Waals surface area contributed by atoms with Crippen LogP contribution in [0.1, 0.15) is 34.1 Å². The van der Waals surface area contributed by atoms with Crippen molar-refractivity contribution in [1.82, 2.24) is 0 Å². The molecule has 0 aromatic rings. The van der Waals surface area contributed by atoms with Gasteiger partial charge in [0.1, 0.15) is 18.6 Å². The summed E-state index contributed by atoms with van der Waals surface area (Å²) in [5, 5.41) is 0. The number of esters is 2. The molecule has 0 radical (unpaired) electrons. The molecule has 0 bridgehead atoms. The van der Waals surface area contributed by atoms with Gasteiger partial charge in [-0.15, -0.1) is 0 Å². The van der Waals surface area contributed by atoms with Crippen molar-refractivity contribution in [3.63, 3.8) is 0 Å². The maximum Gasteiger partial charge on any atom is 0.317 e. The fraction of sp³-hybridized carbons (Fsp3) is 0.846. The molecule has 0 fully saturated rings. The molecule has 0 aliphatic heterocycles. The van der Waals surface area contributed by atoms with Gasteiger partial charge in [0.05, 0.1) is 13.2 Å². The van der Waals surface area contributed by atoms with Crippen molar-refractivity contribution >= 4 is 11.9 Å². The van der Waals surface area contributed by atoms with Gasteiger partial charge in [-0.05, 0) is 27.7 Å². The lowest BCUT2D eigenvalue weighted by atomic mass is 10.4. The number of carbonyl (C=O) groups excluding carboxylic acids is 2. The molecule has 2 atom stereocenters. The van der Waals surface area contributed by atoms with Crippen LogP contribution in [-0.4, -0.2) is 50.6 Å². The lowest BCUT2D eigenvalue weighted by Gasteiger charge is -2.14.